The standard InChI is InChI=1S/C11H18O3/c1-14-11(13)9-4-7-2-3-10(12)6-8(7)5-9/h7-10,12H,2-6H2,1H3/t7-,8+,9+,10-/m1/s1. The third-order valence-corrected chi connectivity index (χ3v) is 3.82. The lowest BCUT2D eigenvalue weighted by Crippen LogP contribution is -2.23. The van der Waals surface area contributed by atoms with Crippen molar-refractivity contribution in [2.24, 2.45) is 17.8 Å². The summed E-state index contributed by atoms with van der Waals surface area (Å²) in [6.07, 6.45) is 4.65. The van der Waals surface area contributed by atoms with Gasteiger partial charge in [0.1, 0.15) is 0 Å². The summed E-state index contributed by atoms with van der Waals surface area (Å²) in [6, 6.07) is 0. The zero-order valence-electron chi connectivity index (χ0n) is 8.61. The fourth-order valence-electron chi connectivity index (χ4n) is 3.09. The summed E-state index contributed by atoms with van der Waals surface area (Å²) >= 11 is 0. The van der Waals surface area contributed by atoms with Crippen LogP contribution in [0, 0.1) is 17.8 Å². The van der Waals surface area contributed by atoms with Gasteiger partial charge >= 0.3 is 5.97 Å². The Hall–Kier alpha value is -0.570. The summed E-state index contributed by atoms with van der Waals surface area (Å²) < 4.78 is 4.77. The molecule has 0 aromatic heterocycles. The Labute approximate surface area is 84.4 Å². The Morgan fingerprint density at radius 3 is 2.64 bits per heavy atom. The van der Waals surface area contributed by atoms with Crippen molar-refractivity contribution in [3.05, 3.63) is 0 Å². The molecule has 0 unspecified atom stereocenters. The highest BCUT2D eigenvalue weighted by Crippen LogP contribution is 2.45. The number of carbonyl (C=O) groups excluding carboxylic acids is 1. The van der Waals surface area contributed by atoms with E-state index in [1.54, 1.807) is 0 Å². The number of hydrogen-bond donors (Lipinski definition) is 1. The van der Waals surface area contributed by atoms with E-state index in [4.69, 9.17) is 4.74 Å². The number of hydrogen-bond acceptors (Lipinski definition) is 3. The van der Waals surface area contributed by atoms with Crippen LogP contribution < -0.4 is 0 Å². The molecule has 0 aromatic rings. The number of methoxy groups -OCH3 is 1. The summed E-state index contributed by atoms with van der Waals surface area (Å²) in [5.74, 6) is 1.25. The van der Waals surface area contributed by atoms with E-state index in [1.807, 2.05) is 0 Å². The molecule has 0 amide bonds. The van der Waals surface area contributed by atoms with E-state index in [0.29, 0.717) is 11.8 Å². The summed E-state index contributed by atoms with van der Waals surface area (Å²) in [4.78, 5) is 11.4. The lowest BCUT2D eigenvalue weighted by molar-refractivity contribution is -0.145. The Bertz CT molecular complexity index is 227. The second kappa shape index (κ2) is 3.89. The van der Waals surface area contributed by atoms with Crippen LogP contribution in [0.2, 0.25) is 0 Å². The second-order valence-corrected chi connectivity index (χ2v) is 4.68. The fourth-order valence-corrected chi connectivity index (χ4v) is 3.09. The van der Waals surface area contributed by atoms with E-state index in [9.17, 15) is 9.90 Å². The molecule has 0 bridgehead atoms. The predicted octanol–water partition coefficient (Wildman–Crippen LogP) is 1.35. The molecule has 2 rings (SSSR count). The van der Waals surface area contributed by atoms with Gasteiger partial charge in [-0.3, -0.25) is 4.79 Å². The number of fused-ring (bicyclic) bond motifs is 1. The second-order valence-electron chi connectivity index (χ2n) is 4.68. The third-order valence-electron chi connectivity index (χ3n) is 3.82. The summed E-state index contributed by atoms with van der Waals surface area (Å²) in [5, 5.41) is 9.52. The van der Waals surface area contributed by atoms with Crippen LogP contribution in [0.15, 0.2) is 0 Å². The molecule has 4 atom stereocenters. The molecular formula is C11H18O3. The first-order valence-corrected chi connectivity index (χ1v) is 5.46. The van der Waals surface area contributed by atoms with Crippen molar-refractivity contribution in [2.75, 3.05) is 7.11 Å². The van der Waals surface area contributed by atoms with E-state index in [2.05, 4.69) is 0 Å². The fraction of sp³-hybridized carbons (Fsp3) is 0.909. The molecule has 0 aromatic carbocycles. The molecule has 2 aliphatic rings. The number of ether oxygens (including phenoxy) is 1. The minimum Gasteiger partial charge on any atom is -0.469 e. The minimum absolute atomic E-state index is 0.0612. The van der Waals surface area contributed by atoms with Crippen molar-refractivity contribution in [2.45, 2.75) is 38.2 Å². The third kappa shape index (κ3) is 1.78. The van der Waals surface area contributed by atoms with Crippen LogP contribution in [0.5, 0.6) is 0 Å². The molecule has 2 aliphatic carbocycles. The summed E-state index contributed by atoms with van der Waals surface area (Å²) in [7, 11) is 1.46. The maximum atomic E-state index is 11.4. The molecule has 2 fully saturated rings. The van der Waals surface area contributed by atoms with Gasteiger partial charge in [0.05, 0.1) is 19.1 Å². The van der Waals surface area contributed by atoms with E-state index in [0.717, 1.165) is 32.1 Å². The van der Waals surface area contributed by atoms with Crippen LogP contribution in [0.25, 0.3) is 0 Å². The first-order valence-electron chi connectivity index (χ1n) is 5.46. The molecule has 14 heavy (non-hydrogen) atoms. The van der Waals surface area contributed by atoms with Gasteiger partial charge in [0.15, 0.2) is 0 Å². The van der Waals surface area contributed by atoms with Crippen LogP contribution in [0.1, 0.15) is 32.1 Å². The largest absolute Gasteiger partial charge is 0.469 e. The SMILES string of the molecule is COC(=O)[C@H]1C[C@H]2CC[C@@H](O)C[C@@H]2C1. The average molecular weight is 198 g/mol. The van der Waals surface area contributed by atoms with E-state index in [-0.39, 0.29) is 18.0 Å². The van der Waals surface area contributed by atoms with Gasteiger partial charge in [0.2, 0.25) is 0 Å². The molecule has 0 aliphatic heterocycles. The van der Waals surface area contributed by atoms with Crippen molar-refractivity contribution in [1.82, 2.24) is 0 Å². The van der Waals surface area contributed by atoms with Gasteiger partial charge in [-0.1, -0.05) is 0 Å². The normalized spacial score (nSPS) is 41.9. The van der Waals surface area contributed by atoms with E-state index >= 15 is 0 Å². The maximum absolute atomic E-state index is 11.4. The Balaban J connectivity index is 1.95. The smallest absolute Gasteiger partial charge is 0.308 e. The molecule has 3 nitrogen and oxygen atoms in total. The quantitative estimate of drug-likeness (QED) is 0.647. The van der Waals surface area contributed by atoms with E-state index in [1.165, 1.54) is 7.11 Å². The molecule has 0 saturated heterocycles. The van der Waals surface area contributed by atoms with Crippen LogP contribution >= 0.6 is 0 Å². The molecule has 1 N–H and O–H groups in total. The number of aliphatic hydroxyl groups excluding tert-OH is 1. The minimum atomic E-state index is -0.132. The highest BCUT2D eigenvalue weighted by atomic mass is 16.5. The summed E-state index contributed by atoms with van der Waals surface area (Å²) in [6.45, 7) is 0. The average Bonchev–Trinajstić information content (AvgIpc) is 2.59. The molecule has 0 spiro atoms. The lowest BCUT2D eigenvalue weighted by Gasteiger charge is -2.28. The number of carbonyl (C=O) groups is 1. The van der Waals surface area contributed by atoms with Crippen molar-refractivity contribution >= 4 is 5.97 Å². The summed E-state index contributed by atoms with van der Waals surface area (Å²) in [5.41, 5.74) is 0. The molecule has 0 radical (unpaired) electrons. The van der Waals surface area contributed by atoms with Gasteiger partial charge in [0.25, 0.3) is 0 Å². The first kappa shape index (κ1) is 9.97. The lowest BCUT2D eigenvalue weighted by atomic mass is 9.80. The Morgan fingerprint density at radius 2 is 1.93 bits per heavy atom. The zero-order valence-corrected chi connectivity index (χ0v) is 8.61. The zero-order chi connectivity index (χ0) is 10.1. The van der Waals surface area contributed by atoms with Gasteiger partial charge in [-0.15, -0.1) is 0 Å². The number of rotatable bonds is 1. The van der Waals surface area contributed by atoms with Gasteiger partial charge in [0, 0.05) is 0 Å². The van der Waals surface area contributed by atoms with E-state index < -0.39 is 0 Å². The Morgan fingerprint density at radius 1 is 1.21 bits per heavy atom. The number of esters is 1. The molecule has 80 valence electrons. The molecular weight excluding hydrogens is 180 g/mol. The number of aliphatic hydroxyl groups is 1. The highest BCUT2D eigenvalue weighted by Gasteiger charge is 2.41. The highest BCUT2D eigenvalue weighted by molar-refractivity contribution is 5.72. The molecule has 3 heteroatoms. The Kier molecular flexibility index (Phi) is 2.77. The predicted molar refractivity (Wildman–Crippen MR) is 51.6 cm³/mol. The van der Waals surface area contributed by atoms with Gasteiger partial charge in [-0.05, 0) is 43.9 Å². The van der Waals surface area contributed by atoms with Crippen LogP contribution in [0.3, 0.4) is 0 Å². The molecule has 0 heterocycles. The van der Waals surface area contributed by atoms with Crippen LogP contribution in [-0.4, -0.2) is 24.3 Å². The van der Waals surface area contributed by atoms with Crippen molar-refractivity contribution in [3.8, 4) is 0 Å². The van der Waals surface area contributed by atoms with Gasteiger partial charge < -0.3 is 9.84 Å². The van der Waals surface area contributed by atoms with Gasteiger partial charge in [-0.25, -0.2) is 0 Å². The topological polar surface area (TPSA) is 46.5 Å². The van der Waals surface area contributed by atoms with Crippen LogP contribution in [0.4, 0.5) is 0 Å². The van der Waals surface area contributed by atoms with Gasteiger partial charge in [-0.2, -0.15) is 0 Å². The maximum Gasteiger partial charge on any atom is 0.308 e. The monoisotopic (exact) mass is 198 g/mol. The van der Waals surface area contributed by atoms with Crippen molar-refractivity contribution in [1.29, 1.82) is 0 Å². The van der Waals surface area contributed by atoms with Crippen molar-refractivity contribution < 1.29 is 14.6 Å². The molecule has 2 saturated carbocycles. The van der Waals surface area contributed by atoms with Crippen molar-refractivity contribution in [3.63, 3.8) is 0 Å². The first-order chi connectivity index (χ1) is 6.70. The van der Waals surface area contributed by atoms with Crippen LogP contribution in [-0.2, 0) is 9.53 Å².